The minimum Gasteiger partial charge on any atom is -0.353 e. The first-order valence-corrected chi connectivity index (χ1v) is 11.6. The van der Waals surface area contributed by atoms with Crippen LogP contribution in [0.25, 0.3) is 0 Å². The molecule has 1 aromatic heterocycles. The lowest BCUT2D eigenvalue weighted by atomic mass is 10.1. The fourth-order valence-corrected chi connectivity index (χ4v) is 4.42. The maximum absolute atomic E-state index is 12.8. The minimum absolute atomic E-state index is 0.00601. The molecule has 0 saturated carbocycles. The molecular formula is C21H28N4O3S. The second-order valence-corrected chi connectivity index (χ2v) is 9.45. The second kappa shape index (κ2) is 8.51. The number of anilines is 1. The van der Waals surface area contributed by atoms with Gasteiger partial charge in [-0.2, -0.15) is 0 Å². The topological polar surface area (TPSA) is 82.6 Å². The number of aromatic nitrogens is 1. The van der Waals surface area contributed by atoms with Crippen molar-refractivity contribution in [2.75, 3.05) is 37.3 Å². The minimum atomic E-state index is -3.28. The van der Waals surface area contributed by atoms with Gasteiger partial charge in [-0.25, -0.2) is 18.1 Å². The average molecular weight is 417 g/mol. The van der Waals surface area contributed by atoms with Crippen LogP contribution in [0.15, 0.2) is 36.5 Å². The van der Waals surface area contributed by atoms with E-state index in [2.05, 4.69) is 27.6 Å². The van der Waals surface area contributed by atoms with Gasteiger partial charge in [0, 0.05) is 44.0 Å². The smallest absolute Gasteiger partial charge is 0.253 e. The average Bonchev–Trinajstić information content (AvgIpc) is 2.66. The van der Waals surface area contributed by atoms with E-state index < -0.39 is 10.0 Å². The number of carbonyl (C=O) groups is 1. The summed E-state index contributed by atoms with van der Waals surface area (Å²) >= 11 is 0. The first-order valence-electron chi connectivity index (χ1n) is 9.69. The van der Waals surface area contributed by atoms with Gasteiger partial charge in [0.25, 0.3) is 5.91 Å². The fourth-order valence-electron chi connectivity index (χ4n) is 3.65. The van der Waals surface area contributed by atoms with Crippen molar-refractivity contribution in [1.29, 1.82) is 0 Å². The number of hydrogen-bond acceptors (Lipinski definition) is 5. The molecule has 1 saturated heterocycles. The summed E-state index contributed by atoms with van der Waals surface area (Å²) in [6, 6.07) is 8.90. The van der Waals surface area contributed by atoms with Crippen LogP contribution >= 0.6 is 0 Å². The number of pyridine rings is 1. The van der Waals surface area contributed by atoms with Crippen LogP contribution in [0, 0.1) is 13.8 Å². The summed E-state index contributed by atoms with van der Waals surface area (Å²) in [7, 11) is -3.28. The molecule has 0 aliphatic carbocycles. The number of amides is 1. The van der Waals surface area contributed by atoms with Crippen LogP contribution in [0.5, 0.6) is 0 Å². The van der Waals surface area contributed by atoms with Crippen molar-refractivity contribution in [3.63, 3.8) is 0 Å². The van der Waals surface area contributed by atoms with Crippen LogP contribution in [0.3, 0.4) is 0 Å². The Bertz CT molecular complexity index is 981. The molecular weight excluding hydrogens is 388 g/mol. The van der Waals surface area contributed by atoms with E-state index in [4.69, 9.17) is 0 Å². The largest absolute Gasteiger partial charge is 0.353 e. The van der Waals surface area contributed by atoms with E-state index in [9.17, 15) is 13.2 Å². The standard InChI is InChI=1S/C21H28N4O3S/c1-15-13-16(2)20(22-14-15)24-9-11-25(12-10-24)21(26)19-7-5-18(6-8-19)17(3)23-29(4,27)28/h5-8,13-14,17,23H,9-12H2,1-4H3. The van der Waals surface area contributed by atoms with E-state index in [0.717, 1.165) is 41.9 Å². The number of nitrogens with zero attached hydrogens (tertiary/aromatic N) is 3. The molecule has 1 aliphatic rings. The highest BCUT2D eigenvalue weighted by molar-refractivity contribution is 7.88. The summed E-state index contributed by atoms with van der Waals surface area (Å²) in [5, 5.41) is 0. The number of piperazine rings is 1. The molecule has 8 heteroatoms. The van der Waals surface area contributed by atoms with E-state index in [0.29, 0.717) is 18.7 Å². The third-order valence-electron chi connectivity index (χ3n) is 5.10. The number of carbonyl (C=O) groups excluding carboxylic acids is 1. The molecule has 29 heavy (non-hydrogen) atoms. The Morgan fingerprint density at radius 2 is 1.72 bits per heavy atom. The molecule has 7 nitrogen and oxygen atoms in total. The molecule has 1 unspecified atom stereocenters. The molecule has 1 N–H and O–H groups in total. The highest BCUT2D eigenvalue weighted by Gasteiger charge is 2.24. The lowest BCUT2D eigenvalue weighted by Crippen LogP contribution is -2.49. The molecule has 1 atom stereocenters. The predicted octanol–water partition coefficient (Wildman–Crippen LogP) is 2.27. The van der Waals surface area contributed by atoms with E-state index in [1.165, 1.54) is 0 Å². The molecule has 2 aromatic rings. The van der Waals surface area contributed by atoms with E-state index in [1.54, 1.807) is 31.2 Å². The maximum Gasteiger partial charge on any atom is 0.253 e. The van der Waals surface area contributed by atoms with Gasteiger partial charge in [0.15, 0.2) is 0 Å². The number of sulfonamides is 1. The molecule has 1 aromatic carbocycles. The number of aryl methyl sites for hydroxylation is 2. The van der Waals surface area contributed by atoms with Crippen molar-refractivity contribution in [1.82, 2.24) is 14.6 Å². The van der Waals surface area contributed by atoms with Gasteiger partial charge in [-0.3, -0.25) is 4.79 Å². The number of benzene rings is 1. The van der Waals surface area contributed by atoms with Gasteiger partial charge in [-0.15, -0.1) is 0 Å². The monoisotopic (exact) mass is 416 g/mol. The second-order valence-electron chi connectivity index (χ2n) is 7.67. The van der Waals surface area contributed by atoms with Gasteiger partial charge in [-0.05, 0) is 49.6 Å². The van der Waals surface area contributed by atoms with Gasteiger partial charge in [-0.1, -0.05) is 18.2 Å². The van der Waals surface area contributed by atoms with Gasteiger partial charge >= 0.3 is 0 Å². The van der Waals surface area contributed by atoms with Gasteiger partial charge < -0.3 is 9.80 Å². The molecule has 3 rings (SSSR count). The Morgan fingerprint density at radius 3 is 2.28 bits per heavy atom. The summed E-state index contributed by atoms with van der Waals surface area (Å²) in [5.41, 5.74) is 3.72. The Labute approximate surface area is 172 Å². The first kappa shape index (κ1) is 21.3. The number of hydrogen-bond donors (Lipinski definition) is 1. The molecule has 1 aliphatic heterocycles. The van der Waals surface area contributed by atoms with Crippen LogP contribution in [0.2, 0.25) is 0 Å². The normalized spacial score (nSPS) is 16.0. The van der Waals surface area contributed by atoms with Crippen LogP contribution in [0.1, 0.15) is 40.0 Å². The van der Waals surface area contributed by atoms with Crippen LogP contribution < -0.4 is 9.62 Å². The van der Waals surface area contributed by atoms with Crippen LogP contribution in [-0.2, 0) is 10.0 Å². The van der Waals surface area contributed by atoms with E-state index in [1.807, 2.05) is 18.0 Å². The summed E-state index contributed by atoms with van der Waals surface area (Å²) < 4.78 is 25.3. The Hall–Kier alpha value is -2.45. The maximum atomic E-state index is 12.8. The molecule has 2 heterocycles. The summed E-state index contributed by atoms with van der Waals surface area (Å²) in [5.74, 6) is 0.980. The zero-order valence-electron chi connectivity index (χ0n) is 17.3. The van der Waals surface area contributed by atoms with Crippen molar-refractivity contribution in [3.8, 4) is 0 Å². The Kier molecular flexibility index (Phi) is 6.24. The number of rotatable bonds is 5. The summed E-state index contributed by atoms with van der Waals surface area (Å²) in [6.45, 7) is 8.64. The number of nitrogens with one attached hydrogen (secondary N) is 1. The first-order chi connectivity index (χ1) is 13.6. The van der Waals surface area contributed by atoms with Crippen molar-refractivity contribution in [3.05, 3.63) is 58.8 Å². The molecule has 0 radical (unpaired) electrons. The predicted molar refractivity (Wildman–Crippen MR) is 115 cm³/mol. The zero-order valence-corrected chi connectivity index (χ0v) is 18.2. The third-order valence-corrected chi connectivity index (χ3v) is 5.88. The zero-order chi connectivity index (χ0) is 21.2. The van der Waals surface area contributed by atoms with Crippen LogP contribution in [0.4, 0.5) is 5.82 Å². The van der Waals surface area contributed by atoms with Crippen LogP contribution in [-0.4, -0.2) is 56.6 Å². The van der Waals surface area contributed by atoms with E-state index in [-0.39, 0.29) is 11.9 Å². The highest BCUT2D eigenvalue weighted by atomic mass is 32.2. The third kappa shape index (κ3) is 5.33. The van der Waals surface area contributed by atoms with Gasteiger partial charge in [0.2, 0.25) is 10.0 Å². The molecule has 0 bridgehead atoms. The molecule has 156 valence electrons. The summed E-state index contributed by atoms with van der Waals surface area (Å²) in [4.78, 5) is 21.5. The van der Waals surface area contributed by atoms with Gasteiger partial charge in [0.05, 0.1) is 6.26 Å². The SMILES string of the molecule is Cc1cnc(N2CCN(C(=O)c3ccc(C(C)NS(C)(=O)=O)cc3)CC2)c(C)c1. The molecule has 1 amide bonds. The lowest BCUT2D eigenvalue weighted by molar-refractivity contribution is 0.0746. The van der Waals surface area contributed by atoms with Gasteiger partial charge in [0.1, 0.15) is 5.82 Å². The van der Waals surface area contributed by atoms with Crippen molar-refractivity contribution < 1.29 is 13.2 Å². The Morgan fingerprint density at radius 1 is 1.10 bits per heavy atom. The molecule has 0 spiro atoms. The van der Waals surface area contributed by atoms with Crippen molar-refractivity contribution in [2.45, 2.75) is 26.8 Å². The van der Waals surface area contributed by atoms with E-state index >= 15 is 0 Å². The van der Waals surface area contributed by atoms with Crippen molar-refractivity contribution >= 4 is 21.7 Å². The fraction of sp³-hybridized carbons (Fsp3) is 0.429. The lowest BCUT2D eigenvalue weighted by Gasteiger charge is -2.36. The Balaban J connectivity index is 1.62. The quantitative estimate of drug-likeness (QED) is 0.809. The molecule has 1 fully saturated rings. The highest BCUT2D eigenvalue weighted by Crippen LogP contribution is 2.21. The van der Waals surface area contributed by atoms with Crippen molar-refractivity contribution in [2.24, 2.45) is 0 Å². The summed E-state index contributed by atoms with van der Waals surface area (Å²) in [6.07, 6.45) is 3.01.